The van der Waals surface area contributed by atoms with Crippen LogP contribution in [0.15, 0.2) is 60.7 Å². The van der Waals surface area contributed by atoms with Gasteiger partial charge >= 0.3 is 0 Å². The molecule has 0 heterocycles. The molecule has 0 aromatic heterocycles. The van der Waals surface area contributed by atoms with E-state index in [2.05, 4.69) is 5.32 Å². The lowest BCUT2D eigenvalue weighted by molar-refractivity contribution is 0.0920. The summed E-state index contributed by atoms with van der Waals surface area (Å²) in [5, 5.41) is 3.46. The van der Waals surface area contributed by atoms with Crippen LogP contribution in [0.2, 0.25) is 10.0 Å². The fourth-order valence-electron chi connectivity index (χ4n) is 2.65. The van der Waals surface area contributed by atoms with Crippen LogP contribution in [0.3, 0.4) is 0 Å². The van der Waals surface area contributed by atoms with Gasteiger partial charge in [0, 0.05) is 22.9 Å². The average Bonchev–Trinajstić information content (AvgIpc) is 2.70. The van der Waals surface area contributed by atoms with Crippen molar-refractivity contribution in [2.24, 2.45) is 0 Å². The van der Waals surface area contributed by atoms with Gasteiger partial charge < -0.3 is 10.1 Å². The predicted molar refractivity (Wildman–Crippen MR) is 117 cm³/mol. The maximum Gasteiger partial charge on any atom is 0.255 e. The monoisotopic (exact) mass is 427 g/mol. The van der Waals surface area contributed by atoms with Crippen molar-refractivity contribution < 1.29 is 14.3 Å². The minimum absolute atomic E-state index is 0.0906. The molecule has 4 nitrogen and oxygen atoms in total. The van der Waals surface area contributed by atoms with Crippen LogP contribution >= 0.6 is 23.2 Å². The molecule has 6 heteroatoms. The minimum atomic E-state index is -0.327. The van der Waals surface area contributed by atoms with Gasteiger partial charge in [-0.3, -0.25) is 9.59 Å². The van der Waals surface area contributed by atoms with E-state index in [-0.39, 0.29) is 18.3 Å². The molecule has 3 rings (SSSR count). The number of Topliss-reactive ketones (excluding diaryl/α,β-unsaturated/α-hetero) is 1. The van der Waals surface area contributed by atoms with E-state index in [0.717, 1.165) is 11.1 Å². The number of aryl methyl sites for hydroxylation is 2. The number of carbonyl (C=O) groups is 2. The molecule has 0 aliphatic rings. The lowest BCUT2D eigenvalue weighted by Crippen LogP contribution is -2.13. The SMILES string of the molecule is Cc1ccc(C(=O)COc2cccc(NC(=O)c3ccc(Cl)c(Cl)c3)c2)cc1C. The number of anilines is 1. The highest BCUT2D eigenvalue weighted by Gasteiger charge is 2.11. The Kier molecular flexibility index (Phi) is 6.57. The van der Waals surface area contributed by atoms with Crippen LogP contribution < -0.4 is 10.1 Å². The second kappa shape index (κ2) is 9.12. The van der Waals surface area contributed by atoms with Crippen molar-refractivity contribution in [1.82, 2.24) is 0 Å². The molecule has 1 N–H and O–H groups in total. The van der Waals surface area contributed by atoms with E-state index in [9.17, 15) is 9.59 Å². The zero-order valence-electron chi connectivity index (χ0n) is 16.0. The van der Waals surface area contributed by atoms with Crippen molar-refractivity contribution in [2.75, 3.05) is 11.9 Å². The molecule has 0 spiro atoms. The summed E-state index contributed by atoms with van der Waals surface area (Å²) in [5.41, 5.74) is 3.72. The van der Waals surface area contributed by atoms with Gasteiger partial charge in [-0.15, -0.1) is 0 Å². The summed E-state index contributed by atoms with van der Waals surface area (Å²) in [6.45, 7) is 3.87. The van der Waals surface area contributed by atoms with E-state index in [1.807, 2.05) is 26.0 Å². The Bertz CT molecular complexity index is 1080. The van der Waals surface area contributed by atoms with Crippen LogP contribution in [0.1, 0.15) is 31.8 Å². The number of ether oxygens (including phenoxy) is 1. The summed E-state index contributed by atoms with van der Waals surface area (Å²) < 4.78 is 5.62. The number of ketones is 1. The van der Waals surface area contributed by atoms with Gasteiger partial charge in [0.15, 0.2) is 12.4 Å². The smallest absolute Gasteiger partial charge is 0.255 e. The van der Waals surface area contributed by atoms with Crippen LogP contribution in [-0.2, 0) is 0 Å². The Labute approximate surface area is 179 Å². The number of nitrogens with one attached hydrogen (secondary N) is 1. The minimum Gasteiger partial charge on any atom is -0.485 e. The topological polar surface area (TPSA) is 55.4 Å². The molecular weight excluding hydrogens is 409 g/mol. The van der Waals surface area contributed by atoms with Crippen LogP contribution in [0.4, 0.5) is 5.69 Å². The standard InChI is InChI=1S/C23H19Cl2NO3/c1-14-6-7-16(10-15(14)2)22(27)13-29-19-5-3-4-18(12-19)26-23(28)17-8-9-20(24)21(25)11-17/h3-12H,13H2,1-2H3,(H,26,28). The maximum atomic E-state index is 12.4. The van der Waals surface area contributed by atoms with Gasteiger partial charge in [-0.05, 0) is 61.4 Å². The Morgan fingerprint density at radius 1 is 0.862 bits per heavy atom. The lowest BCUT2D eigenvalue weighted by Gasteiger charge is -2.10. The van der Waals surface area contributed by atoms with Gasteiger partial charge in [0.25, 0.3) is 5.91 Å². The molecule has 3 aromatic carbocycles. The van der Waals surface area contributed by atoms with Gasteiger partial charge in [-0.25, -0.2) is 0 Å². The number of hydrogen-bond acceptors (Lipinski definition) is 3. The molecule has 0 atom stereocenters. The van der Waals surface area contributed by atoms with E-state index in [0.29, 0.717) is 32.6 Å². The van der Waals surface area contributed by atoms with Crippen molar-refractivity contribution in [3.63, 3.8) is 0 Å². The first-order valence-electron chi connectivity index (χ1n) is 8.93. The fourth-order valence-corrected chi connectivity index (χ4v) is 2.95. The van der Waals surface area contributed by atoms with Crippen molar-refractivity contribution in [3.8, 4) is 5.75 Å². The average molecular weight is 428 g/mol. The van der Waals surface area contributed by atoms with E-state index >= 15 is 0 Å². The van der Waals surface area contributed by atoms with Gasteiger partial charge in [-0.1, -0.05) is 41.4 Å². The quantitative estimate of drug-likeness (QED) is 0.481. The van der Waals surface area contributed by atoms with E-state index in [4.69, 9.17) is 27.9 Å². The molecule has 0 aliphatic carbocycles. The van der Waals surface area contributed by atoms with Crippen molar-refractivity contribution in [3.05, 3.63) is 93.0 Å². The Balaban J connectivity index is 1.64. The summed E-state index contributed by atoms with van der Waals surface area (Å²) in [4.78, 5) is 24.8. The third-order valence-corrected chi connectivity index (χ3v) is 5.21. The highest BCUT2D eigenvalue weighted by molar-refractivity contribution is 6.42. The summed E-state index contributed by atoms with van der Waals surface area (Å²) in [6, 6.07) is 17.1. The molecule has 1 amide bonds. The van der Waals surface area contributed by atoms with Gasteiger partial charge in [0.1, 0.15) is 5.75 Å². The Morgan fingerprint density at radius 2 is 1.62 bits per heavy atom. The number of amides is 1. The third kappa shape index (κ3) is 5.37. The summed E-state index contributed by atoms with van der Waals surface area (Å²) in [6.07, 6.45) is 0. The molecule has 0 saturated carbocycles. The Morgan fingerprint density at radius 3 is 2.34 bits per heavy atom. The molecule has 29 heavy (non-hydrogen) atoms. The van der Waals surface area contributed by atoms with Gasteiger partial charge in [-0.2, -0.15) is 0 Å². The molecule has 0 saturated heterocycles. The van der Waals surface area contributed by atoms with Crippen LogP contribution in [0.5, 0.6) is 5.75 Å². The van der Waals surface area contributed by atoms with E-state index < -0.39 is 0 Å². The molecule has 0 radical (unpaired) electrons. The number of halogens is 2. The van der Waals surface area contributed by atoms with Crippen LogP contribution in [0.25, 0.3) is 0 Å². The third-order valence-electron chi connectivity index (χ3n) is 4.47. The molecular formula is C23H19Cl2NO3. The molecule has 0 aliphatic heterocycles. The highest BCUT2D eigenvalue weighted by Crippen LogP contribution is 2.24. The second-order valence-corrected chi connectivity index (χ2v) is 7.44. The fraction of sp³-hybridized carbons (Fsp3) is 0.130. The number of benzene rings is 3. The van der Waals surface area contributed by atoms with Gasteiger partial charge in [0.2, 0.25) is 0 Å². The molecule has 148 valence electrons. The number of rotatable bonds is 6. The maximum absolute atomic E-state index is 12.4. The summed E-state index contributed by atoms with van der Waals surface area (Å²) in [5.74, 6) is 0.0411. The molecule has 0 unspecified atom stereocenters. The molecule has 0 fully saturated rings. The van der Waals surface area contributed by atoms with Crippen molar-refractivity contribution in [1.29, 1.82) is 0 Å². The van der Waals surface area contributed by atoms with Crippen molar-refractivity contribution in [2.45, 2.75) is 13.8 Å². The summed E-state index contributed by atoms with van der Waals surface area (Å²) in [7, 11) is 0. The summed E-state index contributed by atoms with van der Waals surface area (Å²) >= 11 is 11.8. The Hall–Kier alpha value is -2.82. The molecule has 0 bridgehead atoms. The number of hydrogen-bond donors (Lipinski definition) is 1. The van der Waals surface area contributed by atoms with Gasteiger partial charge in [0.05, 0.1) is 10.0 Å². The second-order valence-electron chi connectivity index (χ2n) is 6.62. The number of carbonyl (C=O) groups excluding carboxylic acids is 2. The normalized spacial score (nSPS) is 10.5. The first-order valence-corrected chi connectivity index (χ1v) is 9.69. The first kappa shape index (κ1) is 20.9. The largest absolute Gasteiger partial charge is 0.485 e. The zero-order valence-corrected chi connectivity index (χ0v) is 17.5. The molecule has 3 aromatic rings. The zero-order chi connectivity index (χ0) is 21.0. The predicted octanol–water partition coefficient (Wildman–Crippen LogP) is 6.12. The van der Waals surface area contributed by atoms with Crippen LogP contribution in [-0.4, -0.2) is 18.3 Å². The van der Waals surface area contributed by atoms with E-state index in [1.54, 1.807) is 42.5 Å². The van der Waals surface area contributed by atoms with Crippen molar-refractivity contribution >= 4 is 40.6 Å². The highest BCUT2D eigenvalue weighted by atomic mass is 35.5. The lowest BCUT2D eigenvalue weighted by atomic mass is 10.0. The first-order chi connectivity index (χ1) is 13.8. The van der Waals surface area contributed by atoms with Crippen LogP contribution in [0, 0.1) is 13.8 Å². The van der Waals surface area contributed by atoms with E-state index in [1.165, 1.54) is 6.07 Å².